The van der Waals surface area contributed by atoms with Crippen LogP contribution in [0.15, 0.2) is 36.4 Å². The number of hydrogen-bond donors (Lipinski definition) is 1. The number of nitrogens with zero attached hydrogens (tertiary/aromatic N) is 1. The fourth-order valence-electron chi connectivity index (χ4n) is 1.84. The molecule has 2 N–H and O–H groups in total. The van der Waals surface area contributed by atoms with Crippen LogP contribution in [-0.2, 0) is 6.61 Å². The van der Waals surface area contributed by atoms with E-state index in [1.165, 1.54) is 17.4 Å². The minimum absolute atomic E-state index is 0.0747. The fourth-order valence-corrected chi connectivity index (χ4v) is 2.82. The van der Waals surface area contributed by atoms with Crippen LogP contribution in [0.25, 0.3) is 10.2 Å². The lowest BCUT2D eigenvalue weighted by atomic mass is 10.2. The van der Waals surface area contributed by atoms with Gasteiger partial charge in [-0.3, -0.25) is 0 Å². The van der Waals surface area contributed by atoms with Crippen molar-refractivity contribution in [3.05, 3.63) is 52.8 Å². The second kappa shape index (κ2) is 5.26. The van der Waals surface area contributed by atoms with Gasteiger partial charge < -0.3 is 10.5 Å². The Bertz CT molecular complexity index is 755. The van der Waals surface area contributed by atoms with Gasteiger partial charge in [0, 0.05) is 5.56 Å². The van der Waals surface area contributed by atoms with E-state index in [4.69, 9.17) is 22.1 Å². The molecule has 3 rings (SSSR count). The van der Waals surface area contributed by atoms with Crippen molar-refractivity contribution >= 4 is 38.3 Å². The van der Waals surface area contributed by atoms with Crippen molar-refractivity contribution < 1.29 is 9.13 Å². The second-order valence-electron chi connectivity index (χ2n) is 4.17. The molecule has 102 valence electrons. The molecule has 0 saturated carbocycles. The molecule has 3 nitrogen and oxygen atoms in total. The summed E-state index contributed by atoms with van der Waals surface area (Å²) in [6.07, 6.45) is 0. The first kappa shape index (κ1) is 13.1. The first-order valence-corrected chi connectivity index (χ1v) is 7.04. The van der Waals surface area contributed by atoms with E-state index in [-0.39, 0.29) is 12.4 Å². The molecule has 2 aromatic carbocycles. The molecule has 0 fully saturated rings. The largest absolute Gasteiger partial charge is 0.489 e. The highest BCUT2D eigenvalue weighted by atomic mass is 35.5. The third kappa shape index (κ3) is 2.55. The zero-order valence-electron chi connectivity index (χ0n) is 10.3. The highest BCUT2D eigenvalue weighted by Gasteiger charge is 2.08. The van der Waals surface area contributed by atoms with Gasteiger partial charge >= 0.3 is 0 Å². The first-order chi connectivity index (χ1) is 9.63. The van der Waals surface area contributed by atoms with Crippen LogP contribution in [0.4, 0.5) is 9.52 Å². The van der Waals surface area contributed by atoms with E-state index in [1.54, 1.807) is 18.2 Å². The summed E-state index contributed by atoms with van der Waals surface area (Å²) in [7, 11) is 0. The topological polar surface area (TPSA) is 48.1 Å². The lowest BCUT2D eigenvalue weighted by molar-refractivity contribution is 0.300. The SMILES string of the molecule is Nc1nc2ccc(OCc3c(F)cccc3Cl)cc2s1. The molecule has 3 aromatic rings. The van der Waals surface area contributed by atoms with Crippen LogP contribution in [0.1, 0.15) is 5.56 Å². The van der Waals surface area contributed by atoms with E-state index in [0.717, 1.165) is 10.2 Å². The van der Waals surface area contributed by atoms with Crippen molar-refractivity contribution in [1.29, 1.82) is 0 Å². The van der Waals surface area contributed by atoms with Crippen molar-refractivity contribution in [2.45, 2.75) is 6.61 Å². The lowest BCUT2D eigenvalue weighted by Gasteiger charge is -2.08. The van der Waals surface area contributed by atoms with Crippen molar-refractivity contribution in [1.82, 2.24) is 4.98 Å². The Morgan fingerprint density at radius 2 is 2.15 bits per heavy atom. The molecule has 0 aliphatic carbocycles. The number of anilines is 1. The molecule has 0 radical (unpaired) electrons. The predicted molar refractivity (Wildman–Crippen MR) is 79.8 cm³/mol. The Morgan fingerprint density at radius 3 is 2.95 bits per heavy atom. The second-order valence-corrected chi connectivity index (χ2v) is 5.64. The number of nitrogens with two attached hydrogens (primary N) is 1. The number of ether oxygens (including phenoxy) is 1. The summed E-state index contributed by atoms with van der Waals surface area (Å²) < 4.78 is 20.1. The van der Waals surface area contributed by atoms with Gasteiger partial charge in [0.1, 0.15) is 18.2 Å². The summed E-state index contributed by atoms with van der Waals surface area (Å²) in [6, 6.07) is 9.98. The van der Waals surface area contributed by atoms with E-state index in [1.807, 2.05) is 12.1 Å². The van der Waals surface area contributed by atoms with Gasteiger partial charge in [-0.2, -0.15) is 0 Å². The molecule has 20 heavy (non-hydrogen) atoms. The van der Waals surface area contributed by atoms with E-state index < -0.39 is 0 Å². The lowest BCUT2D eigenvalue weighted by Crippen LogP contribution is -1.99. The molecule has 0 amide bonds. The number of fused-ring (bicyclic) bond motifs is 1. The van der Waals surface area contributed by atoms with Crippen LogP contribution in [-0.4, -0.2) is 4.98 Å². The maximum Gasteiger partial charge on any atom is 0.181 e. The molecule has 0 unspecified atom stereocenters. The zero-order valence-corrected chi connectivity index (χ0v) is 11.8. The maximum atomic E-state index is 13.6. The molecule has 0 atom stereocenters. The summed E-state index contributed by atoms with van der Waals surface area (Å²) in [6.45, 7) is 0.0747. The van der Waals surface area contributed by atoms with Gasteiger partial charge in [-0.1, -0.05) is 29.0 Å². The summed E-state index contributed by atoms with van der Waals surface area (Å²) >= 11 is 7.33. The molecule has 0 bridgehead atoms. The normalized spacial score (nSPS) is 10.9. The zero-order chi connectivity index (χ0) is 14.1. The van der Waals surface area contributed by atoms with Gasteiger partial charge in [0.15, 0.2) is 5.13 Å². The van der Waals surface area contributed by atoms with Gasteiger partial charge in [-0.05, 0) is 30.3 Å². The molecule has 0 spiro atoms. The highest BCUT2D eigenvalue weighted by Crippen LogP contribution is 2.28. The minimum atomic E-state index is -0.374. The number of thiazole rings is 1. The van der Waals surface area contributed by atoms with E-state index >= 15 is 0 Å². The Hall–Kier alpha value is -1.85. The molecular formula is C14H10ClFN2OS. The number of nitrogen functional groups attached to an aromatic ring is 1. The number of hydrogen-bond acceptors (Lipinski definition) is 4. The molecular weight excluding hydrogens is 299 g/mol. The molecule has 0 aliphatic rings. The number of halogens is 2. The van der Waals surface area contributed by atoms with Crippen LogP contribution >= 0.6 is 22.9 Å². The third-order valence-electron chi connectivity index (χ3n) is 2.82. The summed E-state index contributed by atoms with van der Waals surface area (Å²) in [4.78, 5) is 4.16. The molecule has 6 heteroatoms. The number of aromatic nitrogens is 1. The Morgan fingerprint density at radius 1 is 1.30 bits per heavy atom. The van der Waals surface area contributed by atoms with Crippen molar-refractivity contribution in [2.75, 3.05) is 5.73 Å². The van der Waals surface area contributed by atoms with E-state index in [2.05, 4.69) is 4.98 Å². The standard InChI is InChI=1S/C14H10ClFN2OS/c15-10-2-1-3-11(16)9(10)7-19-8-4-5-12-13(6-8)20-14(17)18-12/h1-6H,7H2,(H2,17,18). The first-order valence-electron chi connectivity index (χ1n) is 5.85. The van der Waals surface area contributed by atoms with Gasteiger partial charge in [0.2, 0.25) is 0 Å². The molecule has 1 heterocycles. The Balaban J connectivity index is 1.83. The van der Waals surface area contributed by atoms with Crippen LogP contribution < -0.4 is 10.5 Å². The summed E-state index contributed by atoms with van der Waals surface area (Å²) in [5, 5.41) is 0.863. The minimum Gasteiger partial charge on any atom is -0.489 e. The summed E-state index contributed by atoms with van der Waals surface area (Å²) in [5.74, 6) is 0.251. The summed E-state index contributed by atoms with van der Waals surface area (Å²) in [5.41, 5.74) is 6.81. The Labute approximate surface area is 123 Å². The van der Waals surface area contributed by atoms with Gasteiger partial charge in [0.05, 0.1) is 15.2 Å². The molecule has 0 aliphatic heterocycles. The number of rotatable bonds is 3. The smallest absolute Gasteiger partial charge is 0.181 e. The van der Waals surface area contributed by atoms with Crippen LogP contribution in [0.2, 0.25) is 5.02 Å². The maximum absolute atomic E-state index is 13.6. The number of benzene rings is 2. The van der Waals surface area contributed by atoms with Crippen LogP contribution in [0, 0.1) is 5.82 Å². The average molecular weight is 309 g/mol. The fraction of sp³-hybridized carbons (Fsp3) is 0.0714. The van der Waals surface area contributed by atoms with Gasteiger partial charge in [0.25, 0.3) is 0 Å². The van der Waals surface area contributed by atoms with Gasteiger partial charge in [-0.15, -0.1) is 0 Å². The molecule has 1 aromatic heterocycles. The Kier molecular flexibility index (Phi) is 3.46. The van der Waals surface area contributed by atoms with Crippen molar-refractivity contribution in [2.24, 2.45) is 0 Å². The monoisotopic (exact) mass is 308 g/mol. The highest BCUT2D eigenvalue weighted by molar-refractivity contribution is 7.22. The van der Waals surface area contributed by atoms with Crippen molar-refractivity contribution in [3.8, 4) is 5.75 Å². The molecule has 0 saturated heterocycles. The average Bonchev–Trinajstić information content (AvgIpc) is 2.77. The third-order valence-corrected chi connectivity index (χ3v) is 4.02. The van der Waals surface area contributed by atoms with E-state index in [0.29, 0.717) is 21.5 Å². The van der Waals surface area contributed by atoms with Crippen molar-refractivity contribution in [3.63, 3.8) is 0 Å². The quantitative estimate of drug-likeness (QED) is 0.787. The van der Waals surface area contributed by atoms with Gasteiger partial charge in [-0.25, -0.2) is 9.37 Å². The van der Waals surface area contributed by atoms with E-state index in [9.17, 15) is 4.39 Å². The van der Waals surface area contributed by atoms with Crippen LogP contribution in [0.5, 0.6) is 5.75 Å². The predicted octanol–water partition coefficient (Wildman–Crippen LogP) is 4.25. The van der Waals surface area contributed by atoms with Crippen LogP contribution in [0.3, 0.4) is 0 Å².